The smallest absolute Gasteiger partial charge is 0.305 e. The Hall–Kier alpha value is -3.02. The molecule has 0 fully saturated rings. The summed E-state index contributed by atoms with van der Waals surface area (Å²) in [5.41, 5.74) is 2.18. The second-order valence-corrected chi connectivity index (χ2v) is 18.5. The third-order valence-electron chi connectivity index (χ3n) is 12.1. The van der Waals surface area contributed by atoms with Gasteiger partial charge in [-0.1, -0.05) is 193 Å². The number of aromatic hydroxyl groups is 2. The first-order valence-electron chi connectivity index (χ1n) is 24.5. The molecule has 2 aromatic carbocycles. The zero-order valence-electron chi connectivity index (χ0n) is 38.4. The van der Waals surface area contributed by atoms with Gasteiger partial charge in [0.15, 0.2) is 0 Å². The number of phenols is 2. The third-order valence-corrected chi connectivity index (χ3v) is 12.1. The molecule has 0 radical (unpaired) electrons. The lowest BCUT2D eigenvalue weighted by Gasteiger charge is -2.23. The van der Waals surface area contributed by atoms with E-state index in [1.807, 2.05) is 38.1 Å². The fourth-order valence-electron chi connectivity index (χ4n) is 8.33. The molecule has 0 amide bonds. The SMILES string of the molecule is CCCCCCC(CCCCCCCCCCC(=O)OCC(C)(C)COC(=O)CCCCCCCCCCC(CCCCCC)c1cccc(O)c1)c1cccc(O)c1. The number of esters is 2. The van der Waals surface area contributed by atoms with Crippen LogP contribution in [0.15, 0.2) is 48.5 Å². The molecule has 6 heteroatoms. The number of carbonyl (C=O) groups excluding carboxylic acids is 2. The average Bonchev–Trinajstić information content (AvgIpc) is 3.22. The summed E-state index contributed by atoms with van der Waals surface area (Å²) in [4.78, 5) is 24.8. The van der Waals surface area contributed by atoms with E-state index < -0.39 is 5.41 Å². The van der Waals surface area contributed by atoms with Crippen molar-refractivity contribution in [2.24, 2.45) is 5.41 Å². The van der Waals surface area contributed by atoms with Crippen molar-refractivity contribution >= 4 is 11.9 Å². The maximum Gasteiger partial charge on any atom is 0.305 e. The lowest BCUT2D eigenvalue weighted by Crippen LogP contribution is -2.28. The maximum atomic E-state index is 12.4. The molecule has 0 spiro atoms. The summed E-state index contributed by atoms with van der Waals surface area (Å²) in [7, 11) is 0. The van der Waals surface area contributed by atoms with E-state index in [0.717, 1.165) is 38.5 Å². The number of unbranched alkanes of at least 4 members (excludes halogenated alkanes) is 20. The quantitative estimate of drug-likeness (QED) is 0.0518. The number of hydrogen-bond donors (Lipinski definition) is 2. The molecule has 0 aromatic heterocycles. The molecule has 0 aliphatic carbocycles. The highest BCUT2D eigenvalue weighted by Crippen LogP contribution is 2.32. The third kappa shape index (κ3) is 27.4. The van der Waals surface area contributed by atoms with Gasteiger partial charge in [0.25, 0.3) is 0 Å². The molecular formula is C53H88O6. The van der Waals surface area contributed by atoms with Gasteiger partial charge in [-0.05, 0) is 85.8 Å². The molecule has 2 rings (SSSR count). The van der Waals surface area contributed by atoms with Crippen LogP contribution in [0.3, 0.4) is 0 Å². The fraction of sp³-hybridized carbons (Fsp3) is 0.736. The van der Waals surface area contributed by atoms with Gasteiger partial charge in [-0.3, -0.25) is 9.59 Å². The molecule has 59 heavy (non-hydrogen) atoms. The van der Waals surface area contributed by atoms with Crippen molar-refractivity contribution < 1.29 is 29.3 Å². The van der Waals surface area contributed by atoms with Crippen molar-refractivity contribution in [1.82, 2.24) is 0 Å². The summed E-state index contributed by atoms with van der Waals surface area (Å²) in [5.74, 6) is 1.53. The molecule has 2 unspecified atom stereocenters. The Kier molecular flexibility index (Phi) is 29.7. The molecule has 2 atom stereocenters. The van der Waals surface area contributed by atoms with Crippen LogP contribution in [-0.2, 0) is 19.1 Å². The summed E-state index contributed by atoms with van der Waals surface area (Å²) >= 11 is 0. The largest absolute Gasteiger partial charge is 0.508 e. The van der Waals surface area contributed by atoms with Crippen LogP contribution in [0.25, 0.3) is 0 Å². The second-order valence-electron chi connectivity index (χ2n) is 18.5. The van der Waals surface area contributed by atoms with Crippen LogP contribution in [0.4, 0.5) is 0 Å². The summed E-state index contributed by atoms with van der Waals surface area (Å²) in [6.45, 7) is 9.00. The Labute approximate surface area is 362 Å². The topological polar surface area (TPSA) is 93.1 Å². The van der Waals surface area contributed by atoms with Gasteiger partial charge in [0.05, 0.1) is 13.2 Å². The molecular weight excluding hydrogens is 733 g/mol. The highest BCUT2D eigenvalue weighted by atomic mass is 16.5. The highest BCUT2D eigenvalue weighted by Gasteiger charge is 2.23. The molecule has 2 aromatic rings. The van der Waals surface area contributed by atoms with E-state index in [9.17, 15) is 19.8 Å². The molecule has 0 saturated carbocycles. The summed E-state index contributed by atoms with van der Waals surface area (Å²) in [6.07, 6.45) is 34.5. The van der Waals surface area contributed by atoms with Crippen LogP contribution in [0.2, 0.25) is 0 Å². The molecule has 2 N–H and O–H groups in total. The van der Waals surface area contributed by atoms with Gasteiger partial charge in [-0.2, -0.15) is 0 Å². The molecule has 6 nitrogen and oxygen atoms in total. The monoisotopic (exact) mass is 821 g/mol. The van der Waals surface area contributed by atoms with Crippen LogP contribution in [0.1, 0.15) is 243 Å². The number of benzene rings is 2. The van der Waals surface area contributed by atoms with Gasteiger partial charge in [-0.25, -0.2) is 0 Å². The van der Waals surface area contributed by atoms with Gasteiger partial charge in [0.2, 0.25) is 0 Å². The van der Waals surface area contributed by atoms with Crippen molar-refractivity contribution in [2.75, 3.05) is 13.2 Å². The Balaban J connectivity index is 1.43. The van der Waals surface area contributed by atoms with Crippen molar-refractivity contribution in [3.05, 3.63) is 59.7 Å². The van der Waals surface area contributed by atoms with Gasteiger partial charge >= 0.3 is 11.9 Å². The minimum atomic E-state index is -0.402. The first-order chi connectivity index (χ1) is 28.6. The number of phenolic OH excluding ortho intramolecular Hbond substituents is 2. The van der Waals surface area contributed by atoms with Gasteiger partial charge in [0, 0.05) is 18.3 Å². The first kappa shape index (κ1) is 52.1. The summed E-state index contributed by atoms with van der Waals surface area (Å²) < 4.78 is 11.1. The molecule has 336 valence electrons. The molecule has 0 aliphatic rings. The van der Waals surface area contributed by atoms with Crippen molar-refractivity contribution in [2.45, 2.75) is 232 Å². The predicted molar refractivity (Wildman–Crippen MR) is 247 cm³/mol. The van der Waals surface area contributed by atoms with Crippen LogP contribution < -0.4 is 0 Å². The van der Waals surface area contributed by atoms with Crippen molar-refractivity contribution in [3.63, 3.8) is 0 Å². The van der Waals surface area contributed by atoms with Crippen molar-refractivity contribution in [3.8, 4) is 11.5 Å². The second kappa shape index (κ2) is 33.7. The summed E-state index contributed by atoms with van der Waals surface area (Å²) in [6, 6.07) is 15.8. The van der Waals surface area contributed by atoms with E-state index in [2.05, 4.69) is 26.0 Å². The predicted octanol–water partition coefficient (Wildman–Crippen LogP) is 15.8. The lowest BCUT2D eigenvalue weighted by molar-refractivity contribution is -0.152. The van der Waals surface area contributed by atoms with Gasteiger partial charge in [-0.15, -0.1) is 0 Å². The standard InChI is InChI=1S/C53H88O6/c1-5-7-9-23-31-45(47-35-29-37-49(54)41-47)33-25-19-15-11-13-17-21-27-39-51(56)58-43-53(3,4)44-59-52(57)40-28-22-18-14-12-16-20-26-34-46(32-24-10-8-6-2)48-36-30-38-50(55)42-48/h29-30,35-38,41-42,45-46,54-55H,5-28,31-34,39-40,43-44H2,1-4H3. The number of ether oxygens (including phenoxy) is 2. The molecule has 0 saturated heterocycles. The van der Waals surface area contributed by atoms with E-state index in [0.29, 0.717) is 36.2 Å². The Morgan fingerprint density at radius 1 is 0.475 bits per heavy atom. The van der Waals surface area contributed by atoms with E-state index in [1.54, 1.807) is 12.1 Å². The zero-order chi connectivity index (χ0) is 42.8. The maximum absolute atomic E-state index is 12.4. The first-order valence-corrected chi connectivity index (χ1v) is 24.5. The Morgan fingerprint density at radius 3 is 1.10 bits per heavy atom. The molecule has 0 bridgehead atoms. The Bertz CT molecular complexity index is 1240. The molecule has 0 aliphatic heterocycles. The average molecular weight is 821 g/mol. The minimum Gasteiger partial charge on any atom is -0.508 e. The van der Waals surface area contributed by atoms with Crippen molar-refractivity contribution in [1.29, 1.82) is 0 Å². The van der Waals surface area contributed by atoms with E-state index in [1.165, 1.54) is 152 Å². The Morgan fingerprint density at radius 2 is 0.780 bits per heavy atom. The van der Waals surface area contributed by atoms with Crippen LogP contribution in [0, 0.1) is 5.41 Å². The highest BCUT2D eigenvalue weighted by molar-refractivity contribution is 5.69. The number of carbonyl (C=O) groups is 2. The fourth-order valence-corrected chi connectivity index (χ4v) is 8.33. The molecule has 0 heterocycles. The lowest BCUT2D eigenvalue weighted by atomic mass is 9.88. The zero-order valence-corrected chi connectivity index (χ0v) is 38.4. The normalized spacial score (nSPS) is 12.7. The van der Waals surface area contributed by atoms with E-state index in [4.69, 9.17) is 9.47 Å². The number of rotatable bonds is 38. The minimum absolute atomic E-state index is 0.157. The van der Waals surface area contributed by atoms with Crippen LogP contribution in [-0.4, -0.2) is 35.4 Å². The summed E-state index contributed by atoms with van der Waals surface area (Å²) in [5, 5.41) is 20.0. The van der Waals surface area contributed by atoms with E-state index in [-0.39, 0.29) is 25.2 Å². The van der Waals surface area contributed by atoms with Gasteiger partial charge < -0.3 is 19.7 Å². The van der Waals surface area contributed by atoms with E-state index >= 15 is 0 Å². The van der Waals surface area contributed by atoms with Gasteiger partial charge in [0.1, 0.15) is 11.5 Å². The van der Waals surface area contributed by atoms with Crippen LogP contribution >= 0.6 is 0 Å². The number of hydrogen-bond acceptors (Lipinski definition) is 6. The van der Waals surface area contributed by atoms with Crippen LogP contribution in [0.5, 0.6) is 11.5 Å².